The van der Waals surface area contributed by atoms with E-state index in [1.807, 2.05) is 47.4 Å². The lowest BCUT2D eigenvalue weighted by Gasteiger charge is -2.36. The number of carbonyl (C=O) groups is 3. The van der Waals surface area contributed by atoms with Gasteiger partial charge in [-0.3, -0.25) is 14.4 Å². The predicted octanol–water partition coefficient (Wildman–Crippen LogP) is 5.03. The second-order valence-electron chi connectivity index (χ2n) is 12.8. The minimum atomic E-state index is -0.172. The molecule has 3 saturated heterocycles. The van der Waals surface area contributed by atoms with Crippen LogP contribution in [-0.2, 0) is 16.1 Å². The Morgan fingerprint density at radius 1 is 0.787 bits per heavy atom. The first-order chi connectivity index (χ1) is 22.9. The van der Waals surface area contributed by atoms with E-state index < -0.39 is 0 Å². The third-order valence-electron chi connectivity index (χ3n) is 9.75. The van der Waals surface area contributed by atoms with Gasteiger partial charge in [-0.2, -0.15) is 0 Å². The molecule has 0 radical (unpaired) electrons. The van der Waals surface area contributed by atoms with Crippen LogP contribution in [-0.4, -0.2) is 89.4 Å². The molecule has 0 saturated carbocycles. The summed E-state index contributed by atoms with van der Waals surface area (Å²) in [6.07, 6.45) is 7.62. The number of carbonyl (C=O) groups excluding carboxylic acids is 3. The first-order valence-corrected chi connectivity index (χ1v) is 17.0. The Hall–Kier alpha value is -4.44. The van der Waals surface area contributed by atoms with Crippen LogP contribution in [0.25, 0.3) is 11.1 Å². The van der Waals surface area contributed by atoms with Crippen LogP contribution in [0, 0.1) is 5.92 Å². The number of hydrogen-bond acceptors (Lipinski definition) is 8. The number of hydrogen-bond donors (Lipinski definition) is 1. The number of nitrogens with zero attached hydrogens (tertiary/aromatic N) is 4. The second kappa shape index (κ2) is 15.0. The number of aromatic nitrogens is 1. The molecule has 47 heavy (non-hydrogen) atoms. The van der Waals surface area contributed by atoms with E-state index in [-0.39, 0.29) is 36.1 Å². The Balaban J connectivity index is 1.01. The van der Waals surface area contributed by atoms with Crippen molar-refractivity contribution in [3.63, 3.8) is 0 Å². The molecule has 3 aliphatic heterocycles. The van der Waals surface area contributed by atoms with Gasteiger partial charge in [0.25, 0.3) is 11.8 Å². The molecule has 4 heterocycles. The van der Waals surface area contributed by atoms with Gasteiger partial charge in [-0.05, 0) is 100.0 Å². The molecule has 3 aliphatic rings. The Kier molecular flexibility index (Phi) is 10.4. The van der Waals surface area contributed by atoms with Crippen molar-refractivity contribution in [3.05, 3.63) is 77.5 Å². The summed E-state index contributed by atoms with van der Waals surface area (Å²) in [5.74, 6) is 0.482. The van der Waals surface area contributed by atoms with Crippen molar-refractivity contribution < 1.29 is 23.9 Å². The molecule has 2 amide bonds. The lowest BCUT2D eigenvalue weighted by atomic mass is 9.96. The summed E-state index contributed by atoms with van der Waals surface area (Å²) in [4.78, 5) is 49.0. The largest absolute Gasteiger partial charge is 0.485 e. The van der Waals surface area contributed by atoms with E-state index in [9.17, 15) is 14.4 Å². The van der Waals surface area contributed by atoms with Gasteiger partial charge in [-0.15, -0.1) is 0 Å². The number of amides is 2. The number of nitrogen functional groups attached to an aromatic ring is 1. The summed E-state index contributed by atoms with van der Waals surface area (Å²) in [6, 6.07) is 17.5. The molecule has 10 heteroatoms. The molecule has 0 bridgehead atoms. The maximum atomic E-state index is 13.2. The Bertz CT molecular complexity index is 1540. The van der Waals surface area contributed by atoms with Crippen LogP contribution in [0.15, 0.2) is 60.8 Å². The number of pyridine rings is 1. The minimum Gasteiger partial charge on any atom is -0.485 e. The zero-order valence-electron chi connectivity index (χ0n) is 27.2. The normalized spacial score (nSPS) is 17.9. The van der Waals surface area contributed by atoms with Gasteiger partial charge < -0.3 is 29.9 Å². The highest BCUT2D eigenvalue weighted by molar-refractivity contribution is 5.95. The summed E-state index contributed by atoms with van der Waals surface area (Å²) < 4.78 is 11.2. The van der Waals surface area contributed by atoms with Gasteiger partial charge in [-0.1, -0.05) is 24.3 Å². The highest BCUT2D eigenvalue weighted by Gasteiger charge is 2.30. The van der Waals surface area contributed by atoms with Crippen molar-refractivity contribution in [2.24, 2.45) is 5.92 Å². The van der Waals surface area contributed by atoms with Crippen LogP contribution in [0.5, 0.6) is 5.75 Å². The number of anilines is 1. The van der Waals surface area contributed by atoms with E-state index in [1.54, 1.807) is 30.2 Å². The minimum absolute atomic E-state index is 0.0456. The van der Waals surface area contributed by atoms with E-state index in [0.717, 1.165) is 42.6 Å². The molecule has 248 valence electrons. The van der Waals surface area contributed by atoms with Gasteiger partial charge in [0.2, 0.25) is 0 Å². The zero-order valence-corrected chi connectivity index (χ0v) is 27.2. The van der Waals surface area contributed by atoms with Crippen LogP contribution < -0.4 is 10.5 Å². The monoisotopic (exact) mass is 639 g/mol. The first-order valence-electron chi connectivity index (χ1n) is 17.0. The molecular weight excluding hydrogens is 594 g/mol. The van der Waals surface area contributed by atoms with Gasteiger partial charge >= 0.3 is 5.97 Å². The molecular formula is C37H45N5O5. The molecule has 0 spiro atoms. The van der Waals surface area contributed by atoms with Crippen molar-refractivity contribution in [1.82, 2.24) is 19.7 Å². The lowest BCUT2D eigenvalue weighted by Crippen LogP contribution is -2.45. The van der Waals surface area contributed by atoms with Crippen molar-refractivity contribution in [2.45, 2.75) is 58.1 Å². The second-order valence-corrected chi connectivity index (χ2v) is 12.8. The van der Waals surface area contributed by atoms with Crippen molar-refractivity contribution >= 4 is 23.6 Å². The van der Waals surface area contributed by atoms with E-state index >= 15 is 0 Å². The average molecular weight is 640 g/mol. The smallest absolute Gasteiger partial charge is 0.309 e. The number of piperidine rings is 2. The number of likely N-dealkylation sites (tertiary alicyclic amines) is 3. The molecule has 3 fully saturated rings. The summed E-state index contributed by atoms with van der Waals surface area (Å²) in [6.45, 7) is 7.52. The number of esters is 1. The fourth-order valence-corrected chi connectivity index (χ4v) is 6.92. The van der Waals surface area contributed by atoms with Gasteiger partial charge in [0, 0.05) is 55.1 Å². The third-order valence-corrected chi connectivity index (χ3v) is 9.75. The topological polar surface area (TPSA) is 118 Å². The zero-order chi connectivity index (χ0) is 32.8. The highest BCUT2D eigenvalue weighted by Crippen LogP contribution is 2.29. The van der Waals surface area contributed by atoms with Crippen LogP contribution in [0.3, 0.4) is 0 Å². The molecule has 0 aliphatic carbocycles. The van der Waals surface area contributed by atoms with Crippen LogP contribution in [0.2, 0.25) is 0 Å². The van der Waals surface area contributed by atoms with Gasteiger partial charge in [0.15, 0.2) is 11.6 Å². The van der Waals surface area contributed by atoms with Gasteiger partial charge in [-0.25, -0.2) is 4.98 Å². The van der Waals surface area contributed by atoms with Crippen molar-refractivity contribution in [3.8, 4) is 16.9 Å². The molecule has 2 N–H and O–H groups in total. The standard InChI is InChI=1S/C37H45N5O5/c1-2-46-37(45)30-13-19-41(20-14-30)35(43)28-7-5-26(6-8-28)25-47-33-23-31(24-39-34(33)38)27-9-11-29(12-10-27)36(44)42-21-15-32(16-22-42)40-17-3-4-18-40/h5-12,23-24,30,32H,2-4,13-22,25H2,1H3,(H2,38,39). The number of benzene rings is 2. The summed E-state index contributed by atoms with van der Waals surface area (Å²) in [5, 5.41) is 0. The Morgan fingerprint density at radius 3 is 1.96 bits per heavy atom. The van der Waals surface area contributed by atoms with E-state index in [0.29, 0.717) is 55.5 Å². The predicted molar refractivity (Wildman–Crippen MR) is 180 cm³/mol. The molecule has 0 atom stereocenters. The third kappa shape index (κ3) is 7.76. The Morgan fingerprint density at radius 2 is 1.36 bits per heavy atom. The Labute approximate surface area is 276 Å². The number of ether oxygens (including phenoxy) is 2. The highest BCUT2D eigenvalue weighted by atomic mass is 16.5. The number of nitrogens with two attached hydrogens (primary N) is 1. The van der Waals surface area contributed by atoms with E-state index in [4.69, 9.17) is 15.2 Å². The quantitative estimate of drug-likeness (QED) is 0.324. The molecule has 10 nitrogen and oxygen atoms in total. The fourth-order valence-electron chi connectivity index (χ4n) is 6.92. The SMILES string of the molecule is CCOC(=O)C1CCN(C(=O)c2ccc(COc3cc(-c4ccc(C(=O)N5CCC(N6CCCC6)CC5)cc4)cnc3N)cc2)CC1. The molecule has 1 aromatic heterocycles. The summed E-state index contributed by atoms with van der Waals surface area (Å²) in [7, 11) is 0. The maximum absolute atomic E-state index is 13.2. The summed E-state index contributed by atoms with van der Waals surface area (Å²) >= 11 is 0. The van der Waals surface area contributed by atoms with Crippen LogP contribution in [0.4, 0.5) is 5.82 Å². The fraction of sp³-hybridized carbons (Fsp3) is 0.459. The lowest BCUT2D eigenvalue weighted by molar-refractivity contribution is -0.149. The maximum Gasteiger partial charge on any atom is 0.309 e. The summed E-state index contributed by atoms with van der Waals surface area (Å²) in [5.41, 5.74) is 10.1. The van der Waals surface area contributed by atoms with Crippen LogP contribution in [0.1, 0.15) is 71.7 Å². The first kappa shape index (κ1) is 32.5. The molecule has 2 aromatic carbocycles. The molecule has 6 rings (SSSR count). The van der Waals surface area contributed by atoms with Crippen molar-refractivity contribution in [2.75, 3.05) is 51.6 Å². The van der Waals surface area contributed by atoms with Gasteiger partial charge in [0.05, 0.1) is 12.5 Å². The van der Waals surface area contributed by atoms with Crippen LogP contribution >= 0.6 is 0 Å². The number of rotatable bonds is 9. The molecule has 3 aromatic rings. The van der Waals surface area contributed by atoms with E-state index in [1.165, 1.54) is 25.9 Å². The van der Waals surface area contributed by atoms with E-state index in [2.05, 4.69) is 9.88 Å². The van der Waals surface area contributed by atoms with Gasteiger partial charge in [0.1, 0.15) is 6.61 Å². The average Bonchev–Trinajstić information content (AvgIpc) is 3.67. The van der Waals surface area contributed by atoms with Crippen molar-refractivity contribution in [1.29, 1.82) is 0 Å². The molecule has 0 unspecified atom stereocenters.